The van der Waals surface area contributed by atoms with E-state index >= 15 is 0 Å². The minimum absolute atomic E-state index is 0.0696. The summed E-state index contributed by atoms with van der Waals surface area (Å²) in [6.45, 7) is 3.33. The predicted octanol–water partition coefficient (Wildman–Crippen LogP) is 2.46. The van der Waals surface area contributed by atoms with Crippen molar-refractivity contribution in [2.75, 3.05) is 0 Å². The van der Waals surface area contributed by atoms with E-state index in [9.17, 15) is 14.4 Å². The van der Waals surface area contributed by atoms with E-state index in [4.69, 9.17) is 26.5 Å². The van der Waals surface area contributed by atoms with Crippen molar-refractivity contribution in [3.63, 3.8) is 0 Å². The van der Waals surface area contributed by atoms with Gasteiger partial charge in [0.15, 0.2) is 6.10 Å². The number of urea groups is 1. The van der Waals surface area contributed by atoms with E-state index in [0.29, 0.717) is 16.0 Å². The Kier molecular flexibility index (Phi) is 4.90. The molecule has 3 N–H and O–H groups in total. The number of hydrogen-bond acceptors (Lipinski definition) is 5. The predicted molar refractivity (Wildman–Crippen MR) is 83.0 cm³/mol. The van der Waals surface area contributed by atoms with Gasteiger partial charge in [-0.1, -0.05) is 25.4 Å². The quantitative estimate of drug-likeness (QED) is 0.832. The highest BCUT2D eigenvalue weighted by Crippen LogP contribution is 2.24. The molecule has 2 rings (SSSR count). The van der Waals surface area contributed by atoms with Crippen LogP contribution in [0.5, 0.6) is 0 Å². The van der Waals surface area contributed by atoms with Crippen LogP contribution < -0.4 is 11.1 Å². The van der Waals surface area contributed by atoms with E-state index in [1.54, 1.807) is 32.0 Å². The molecule has 0 aliphatic carbocycles. The molecule has 0 spiro atoms. The van der Waals surface area contributed by atoms with Crippen LogP contribution in [0.4, 0.5) is 4.79 Å². The molecule has 2 aromatic rings. The lowest BCUT2D eigenvalue weighted by Crippen LogP contribution is -2.45. The maximum atomic E-state index is 12.2. The second kappa shape index (κ2) is 6.70. The average Bonchev–Trinajstić information content (AvgIpc) is 2.86. The van der Waals surface area contributed by atoms with Crippen molar-refractivity contribution < 1.29 is 23.5 Å². The monoisotopic (exact) mass is 338 g/mol. The number of hydrogen-bond donors (Lipinski definition) is 2. The van der Waals surface area contributed by atoms with Gasteiger partial charge in [-0.2, -0.15) is 0 Å². The molecule has 1 aromatic carbocycles. The number of fused-ring (bicyclic) bond motifs is 1. The molecule has 1 heterocycles. The molecule has 0 saturated heterocycles. The molecule has 1 aromatic heterocycles. The molecule has 0 unspecified atom stereocenters. The lowest BCUT2D eigenvalue weighted by Gasteiger charge is -2.19. The summed E-state index contributed by atoms with van der Waals surface area (Å²) in [5.41, 5.74) is 5.36. The molecule has 3 amide bonds. The number of primary amides is 1. The van der Waals surface area contributed by atoms with Crippen molar-refractivity contribution >= 4 is 40.5 Å². The summed E-state index contributed by atoms with van der Waals surface area (Å²) in [4.78, 5) is 34.8. The lowest BCUT2D eigenvalue weighted by atomic mass is 10.1. The summed E-state index contributed by atoms with van der Waals surface area (Å²) in [5.74, 6) is -2.05. The van der Waals surface area contributed by atoms with Crippen LogP contribution in [0.15, 0.2) is 28.7 Å². The highest BCUT2D eigenvalue weighted by molar-refractivity contribution is 6.31. The zero-order chi connectivity index (χ0) is 17.1. The number of amides is 3. The Hall–Kier alpha value is -2.54. The standard InChI is InChI=1S/C15H15ClN2O5/c1-7(2)12(13(19)18-15(17)21)23-14(20)11-6-8-5-9(16)3-4-10(8)22-11/h3-7,12H,1-2H3,(H3,17,18,19,21)/t12-/m0/s1. The minimum atomic E-state index is -1.17. The van der Waals surface area contributed by atoms with Crippen molar-refractivity contribution in [3.05, 3.63) is 35.0 Å². The Balaban J connectivity index is 2.19. The summed E-state index contributed by atoms with van der Waals surface area (Å²) >= 11 is 5.87. The maximum absolute atomic E-state index is 12.2. The smallest absolute Gasteiger partial charge is 0.375 e. The van der Waals surface area contributed by atoms with E-state index < -0.39 is 24.0 Å². The zero-order valence-electron chi connectivity index (χ0n) is 12.5. The van der Waals surface area contributed by atoms with Gasteiger partial charge in [-0.15, -0.1) is 0 Å². The van der Waals surface area contributed by atoms with Gasteiger partial charge in [-0.05, 0) is 30.2 Å². The fourth-order valence-corrected chi connectivity index (χ4v) is 2.15. The third-order valence-corrected chi connectivity index (χ3v) is 3.26. The number of carbonyl (C=O) groups is 3. The number of nitrogens with one attached hydrogen (secondary N) is 1. The molecule has 0 radical (unpaired) electrons. The summed E-state index contributed by atoms with van der Waals surface area (Å²) in [6, 6.07) is 5.33. The largest absolute Gasteiger partial charge is 0.449 e. The Morgan fingerprint density at radius 1 is 1.26 bits per heavy atom. The zero-order valence-corrected chi connectivity index (χ0v) is 13.2. The normalized spacial score (nSPS) is 12.2. The number of benzene rings is 1. The molecule has 0 fully saturated rings. The fraction of sp³-hybridized carbons (Fsp3) is 0.267. The maximum Gasteiger partial charge on any atom is 0.375 e. The SMILES string of the molecule is CC(C)[C@H](OC(=O)c1cc2cc(Cl)ccc2o1)C(=O)NC(N)=O. The van der Waals surface area contributed by atoms with Crippen LogP contribution >= 0.6 is 11.6 Å². The van der Waals surface area contributed by atoms with Gasteiger partial charge in [0.1, 0.15) is 5.58 Å². The van der Waals surface area contributed by atoms with E-state index in [-0.39, 0.29) is 11.7 Å². The molecule has 0 bridgehead atoms. The number of furan rings is 1. The molecule has 122 valence electrons. The molecule has 0 saturated carbocycles. The molecule has 0 aliphatic heterocycles. The lowest BCUT2D eigenvalue weighted by molar-refractivity contribution is -0.131. The molecule has 8 heteroatoms. The van der Waals surface area contributed by atoms with Gasteiger partial charge >= 0.3 is 12.0 Å². The first-order chi connectivity index (χ1) is 10.8. The number of rotatable bonds is 4. The summed E-state index contributed by atoms with van der Waals surface area (Å²) in [7, 11) is 0. The third kappa shape index (κ3) is 4.01. The van der Waals surface area contributed by atoms with Crippen molar-refractivity contribution in [3.8, 4) is 0 Å². The molecular weight excluding hydrogens is 324 g/mol. The second-order valence-corrected chi connectivity index (χ2v) is 5.65. The van der Waals surface area contributed by atoms with E-state index in [0.717, 1.165) is 0 Å². The number of carbonyl (C=O) groups excluding carboxylic acids is 3. The Morgan fingerprint density at radius 3 is 2.57 bits per heavy atom. The van der Waals surface area contributed by atoms with Crippen molar-refractivity contribution in [2.45, 2.75) is 20.0 Å². The van der Waals surface area contributed by atoms with Crippen LogP contribution in [0.25, 0.3) is 11.0 Å². The molecule has 0 aliphatic rings. The second-order valence-electron chi connectivity index (χ2n) is 5.22. The van der Waals surface area contributed by atoms with E-state index in [1.165, 1.54) is 6.07 Å². The number of esters is 1. The average molecular weight is 339 g/mol. The van der Waals surface area contributed by atoms with Crippen LogP contribution in [-0.4, -0.2) is 24.0 Å². The topological polar surface area (TPSA) is 112 Å². The molecule has 7 nitrogen and oxygen atoms in total. The molecule has 23 heavy (non-hydrogen) atoms. The third-order valence-electron chi connectivity index (χ3n) is 3.02. The van der Waals surface area contributed by atoms with Gasteiger partial charge in [0.05, 0.1) is 0 Å². The van der Waals surface area contributed by atoms with Crippen LogP contribution in [0.2, 0.25) is 5.02 Å². The van der Waals surface area contributed by atoms with Gasteiger partial charge in [0.25, 0.3) is 5.91 Å². The van der Waals surface area contributed by atoms with Gasteiger partial charge in [-0.25, -0.2) is 9.59 Å². The number of halogens is 1. The Morgan fingerprint density at radius 2 is 1.96 bits per heavy atom. The van der Waals surface area contributed by atoms with Gasteiger partial charge < -0.3 is 14.9 Å². The Labute approximate surface area is 136 Å². The van der Waals surface area contributed by atoms with Crippen LogP contribution in [0, 0.1) is 5.92 Å². The fourth-order valence-electron chi connectivity index (χ4n) is 1.97. The van der Waals surface area contributed by atoms with Crippen molar-refractivity contribution in [2.24, 2.45) is 11.7 Å². The Bertz CT molecular complexity index is 768. The highest BCUT2D eigenvalue weighted by atomic mass is 35.5. The van der Waals surface area contributed by atoms with Gasteiger partial charge in [0.2, 0.25) is 5.76 Å². The first-order valence-corrected chi connectivity index (χ1v) is 7.16. The molecule has 1 atom stereocenters. The summed E-state index contributed by atoms with van der Waals surface area (Å²) < 4.78 is 10.5. The number of nitrogens with two attached hydrogens (primary N) is 1. The summed E-state index contributed by atoms with van der Waals surface area (Å²) in [5, 5.41) is 3.02. The first-order valence-electron chi connectivity index (χ1n) is 6.78. The number of imide groups is 1. The van der Waals surface area contributed by atoms with Crippen molar-refractivity contribution in [1.29, 1.82) is 0 Å². The van der Waals surface area contributed by atoms with Gasteiger partial charge in [-0.3, -0.25) is 10.1 Å². The van der Waals surface area contributed by atoms with E-state index in [1.807, 2.05) is 5.32 Å². The number of ether oxygens (including phenoxy) is 1. The van der Waals surface area contributed by atoms with Gasteiger partial charge in [0, 0.05) is 10.4 Å². The first kappa shape index (κ1) is 16.8. The van der Waals surface area contributed by atoms with Crippen LogP contribution in [-0.2, 0) is 9.53 Å². The minimum Gasteiger partial charge on any atom is -0.449 e. The summed E-state index contributed by atoms with van der Waals surface area (Å²) in [6.07, 6.45) is -1.17. The van der Waals surface area contributed by atoms with Crippen LogP contribution in [0.3, 0.4) is 0 Å². The van der Waals surface area contributed by atoms with Crippen molar-refractivity contribution in [1.82, 2.24) is 5.32 Å². The van der Waals surface area contributed by atoms with Crippen LogP contribution in [0.1, 0.15) is 24.4 Å². The highest BCUT2D eigenvalue weighted by Gasteiger charge is 2.29. The van der Waals surface area contributed by atoms with E-state index in [2.05, 4.69) is 0 Å². The molecular formula is C15H15ClN2O5.